The van der Waals surface area contributed by atoms with E-state index in [1.807, 2.05) is 6.07 Å². The van der Waals surface area contributed by atoms with E-state index in [1.54, 1.807) is 0 Å². The molecule has 1 heterocycles. The first-order valence-corrected chi connectivity index (χ1v) is 6.78. The molecule has 1 atom stereocenters. The molecular formula is C15H22N2O. The van der Waals surface area contributed by atoms with E-state index >= 15 is 0 Å². The third-order valence-electron chi connectivity index (χ3n) is 3.39. The molecule has 0 spiro atoms. The van der Waals surface area contributed by atoms with Gasteiger partial charge in [-0.3, -0.25) is 4.79 Å². The van der Waals surface area contributed by atoms with Gasteiger partial charge >= 0.3 is 0 Å². The average molecular weight is 246 g/mol. The molecule has 98 valence electrons. The molecule has 0 fully saturated rings. The lowest BCUT2D eigenvalue weighted by Crippen LogP contribution is -2.26. The number of amides is 1. The Bertz CT molecular complexity index is 440. The van der Waals surface area contributed by atoms with Crippen LogP contribution in [0, 0.1) is 5.92 Å². The zero-order valence-electron chi connectivity index (χ0n) is 11.4. The van der Waals surface area contributed by atoms with Crippen molar-refractivity contribution in [1.29, 1.82) is 0 Å². The molecule has 2 N–H and O–H groups in total. The first-order chi connectivity index (χ1) is 8.61. The number of fused-ring (bicyclic) bond motifs is 1. The van der Waals surface area contributed by atoms with Crippen molar-refractivity contribution in [3.05, 3.63) is 29.3 Å². The lowest BCUT2D eigenvalue weighted by Gasteiger charge is -2.23. The summed E-state index contributed by atoms with van der Waals surface area (Å²) in [7, 11) is 0. The topological polar surface area (TPSA) is 41.1 Å². The van der Waals surface area contributed by atoms with Crippen molar-refractivity contribution in [3.63, 3.8) is 0 Å². The van der Waals surface area contributed by atoms with Gasteiger partial charge in [0.25, 0.3) is 0 Å². The van der Waals surface area contributed by atoms with Gasteiger partial charge in [-0.05, 0) is 36.1 Å². The number of carbonyl (C=O) groups is 1. The maximum atomic E-state index is 11.4. The Kier molecular flexibility index (Phi) is 4.02. The fourth-order valence-electron chi connectivity index (χ4n) is 2.48. The van der Waals surface area contributed by atoms with Gasteiger partial charge in [0.1, 0.15) is 0 Å². The molecule has 1 aliphatic rings. The highest BCUT2D eigenvalue weighted by Gasteiger charge is 2.21. The number of rotatable bonds is 5. The normalized spacial score (nSPS) is 15.7. The zero-order valence-corrected chi connectivity index (χ0v) is 11.4. The summed E-state index contributed by atoms with van der Waals surface area (Å²) in [5.74, 6) is 0.643. The monoisotopic (exact) mass is 246 g/mol. The molecule has 0 aliphatic carbocycles. The SMILES string of the molecule is CCCNC(c1ccc2c(c1)CC(=O)N2)C(C)C. The number of anilines is 1. The molecule has 18 heavy (non-hydrogen) atoms. The second-order valence-electron chi connectivity index (χ2n) is 5.32. The minimum atomic E-state index is 0.102. The van der Waals surface area contributed by atoms with Gasteiger partial charge in [0.15, 0.2) is 0 Å². The highest BCUT2D eigenvalue weighted by atomic mass is 16.1. The summed E-state index contributed by atoms with van der Waals surface area (Å²) in [6.07, 6.45) is 1.65. The van der Waals surface area contributed by atoms with Crippen molar-refractivity contribution in [2.24, 2.45) is 5.92 Å². The van der Waals surface area contributed by atoms with Gasteiger partial charge in [-0.2, -0.15) is 0 Å². The van der Waals surface area contributed by atoms with Gasteiger partial charge in [0.2, 0.25) is 5.91 Å². The van der Waals surface area contributed by atoms with Crippen molar-refractivity contribution >= 4 is 11.6 Å². The molecule has 1 aromatic rings. The van der Waals surface area contributed by atoms with Crippen molar-refractivity contribution in [1.82, 2.24) is 5.32 Å². The van der Waals surface area contributed by atoms with Crippen LogP contribution < -0.4 is 10.6 Å². The lowest BCUT2D eigenvalue weighted by atomic mass is 9.94. The van der Waals surface area contributed by atoms with Crippen molar-refractivity contribution in [2.75, 3.05) is 11.9 Å². The van der Waals surface area contributed by atoms with Gasteiger partial charge in [-0.1, -0.05) is 32.9 Å². The average Bonchev–Trinajstić information content (AvgIpc) is 2.68. The van der Waals surface area contributed by atoms with Crippen molar-refractivity contribution < 1.29 is 4.79 Å². The van der Waals surface area contributed by atoms with Gasteiger partial charge in [-0.15, -0.1) is 0 Å². The summed E-state index contributed by atoms with van der Waals surface area (Å²) in [5, 5.41) is 6.46. The van der Waals surface area contributed by atoms with E-state index < -0.39 is 0 Å². The Morgan fingerprint density at radius 3 is 2.83 bits per heavy atom. The van der Waals surface area contributed by atoms with Crippen LogP contribution >= 0.6 is 0 Å². The molecule has 2 rings (SSSR count). The largest absolute Gasteiger partial charge is 0.326 e. The summed E-state index contributed by atoms with van der Waals surface area (Å²) >= 11 is 0. The van der Waals surface area contributed by atoms with Gasteiger partial charge < -0.3 is 10.6 Å². The molecule has 1 unspecified atom stereocenters. The van der Waals surface area contributed by atoms with Crippen molar-refractivity contribution in [3.8, 4) is 0 Å². The van der Waals surface area contributed by atoms with Gasteiger partial charge in [0, 0.05) is 11.7 Å². The third-order valence-corrected chi connectivity index (χ3v) is 3.39. The molecule has 0 saturated heterocycles. The number of hydrogen-bond donors (Lipinski definition) is 2. The maximum Gasteiger partial charge on any atom is 0.228 e. The number of hydrogen-bond acceptors (Lipinski definition) is 2. The smallest absolute Gasteiger partial charge is 0.228 e. The van der Waals surface area contributed by atoms with E-state index in [2.05, 4.69) is 43.5 Å². The van der Waals surface area contributed by atoms with E-state index in [9.17, 15) is 4.79 Å². The molecular weight excluding hydrogens is 224 g/mol. The third kappa shape index (κ3) is 2.72. The second-order valence-corrected chi connectivity index (χ2v) is 5.32. The van der Waals surface area contributed by atoms with Gasteiger partial charge in [0.05, 0.1) is 6.42 Å². The predicted octanol–water partition coefficient (Wildman–Crippen LogP) is 2.88. The van der Waals surface area contributed by atoms with Crippen LogP contribution in [-0.2, 0) is 11.2 Å². The molecule has 1 aromatic carbocycles. The summed E-state index contributed by atoms with van der Waals surface area (Å²) in [4.78, 5) is 11.4. The van der Waals surface area contributed by atoms with Crippen LogP contribution in [0.2, 0.25) is 0 Å². The minimum Gasteiger partial charge on any atom is -0.326 e. The Hall–Kier alpha value is -1.35. The second kappa shape index (κ2) is 5.53. The number of benzene rings is 1. The van der Waals surface area contributed by atoms with E-state index in [0.29, 0.717) is 18.4 Å². The molecule has 3 heteroatoms. The number of carbonyl (C=O) groups excluding carboxylic acids is 1. The first-order valence-electron chi connectivity index (χ1n) is 6.78. The highest BCUT2D eigenvalue weighted by Crippen LogP contribution is 2.29. The maximum absolute atomic E-state index is 11.4. The predicted molar refractivity (Wildman–Crippen MR) is 74.6 cm³/mol. The Morgan fingerprint density at radius 1 is 1.39 bits per heavy atom. The molecule has 1 amide bonds. The van der Waals surface area contributed by atoms with Crippen LogP contribution in [0.25, 0.3) is 0 Å². The van der Waals surface area contributed by atoms with Crippen LogP contribution in [-0.4, -0.2) is 12.5 Å². The molecule has 0 aromatic heterocycles. The Morgan fingerprint density at radius 2 is 2.17 bits per heavy atom. The Balaban J connectivity index is 2.21. The first kappa shape index (κ1) is 13.1. The zero-order chi connectivity index (χ0) is 13.1. The van der Waals surface area contributed by atoms with E-state index in [1.165, 1.54) is 5.56 Å². The van der Waals surface area contributed by atoms with Crippen LogP contribution in [0.1, 0.15) is 44.4 Å². The lowest BCUT2D eigenvalue weighted by molar-refractivity contribution is -0.115. The van der Waals surface area contributed by atoms with Crippen LogP contribution in [0.4, 0.5) is 5.69 Å². The van der Waals surface area contributed by atoms with Crippen LogP contribution in [0.3, 0.4) is 0 Å². The molecule has 0 bridgehead atoms. The summed E-state index contributed by atoms with van der Waals surface area (Å²) in [6.45, 7) is 7.65. The fraction of sp³-hybridized carbons (Fsp3) is 0.533. The number of nitrogens with one attached hydrogen (secondary N) is 2. The highest BCUT2D eigenvalue weighted by molar-refractivity contribution is 5.99. The Labute approximate surface area is 109 Å². The van der Waals surface area contributed by atoms with E-state index in [0.717, 1.165) is 24.2 Å². The fourth-order valence-corrected chi connectivity index (χ4v) is 2.48. The molecule has 0 radical (unpaired) electrons. The molecule has 0 saturated carbocycles. The standard InChI is InChI=1S/C15H22N2O/c1-4-7-16-15(10(2)3)11-5-6-13-12(8-11)9-14(18)17-13/h5-6,8,10,15-16H,4,7,9H2,1-3H3,(H,17,18). The minimum absolute atomic E-state index is 0.102. The van der Waals surface area contributed by atoms with Crippen LogP contribution in [0.15, 0.2) is 18.2 Å². The molecule has 3 nitrogen and oxygen atoms in total. The summed E-state index contributed by atoms with van der Waals surface area (Å²) in [5.41, 5.74) is 3.39. The van der Waals surface area contributed by atoms with E-state index in [-0.39, 0.29) is 5.91 Å². The van der Waals surface area contributed by atoms with Gasteiger partial charge in [-0.25, -0.2) is 0 Å². The van der Waals surface area contributed by atoms with E-state index in [4.69, 9.17) is 0 Å². The van der Waals surface area contributed by atoms with Crippen molar-refractivity contribution in [2.45, 2.75) is 39.7 Å². The molecule has 1 aliphatic heterocycles. The quantitative estimate of drug-likeness (QED) is 0.838. The van der Waals surface area contributed by atoms with Crippen LogP contribution in [0.5, 0.6) is 0 Å². The summed E-state index contributed by atoms with van der Waals surface area (Å²) < 4.78 is 0. The summed E-state index contributed by atoms with van der Waals surface area (Å²) in [6, 6.07) is 6.68.